The normalized spacial score (nSPS) is 12.2. The van der Waals surface area contributed by atoms with E-state index in [1.165, 1.54) is 0 Å². The van der Waals surface area contributed by atoms with Crippen LogP contribution in [0.3, 0.4) is 0 Å². The Morgan fingerprint density at radius 2 is 2.25 bits per heavy atom. The molecule has 1 heterocycles. The second kappa shape index (κ2) is 6.51. The molecule has 6 heteroatoms. The molecular formula is C14H17N5O. The summed E-state index contributed by atoms with van der Waals surface area (Å²) in [6.45, 7) is 1.92. The van der Waals surface area contributed by atoms with Crippen molar-refractivity contribution in [2.24, 2.45) is 15.9 Å². The van der Waals surface area contributed by atoms with Gasteiger partial charge in [0.15, 0.2) is 0 Å². The number of rotatable bonds is 4. The number of hydrogen-bond acceptors (Lipinski definition) is 3. The first-order valence-electron chi connectivity index (χ1n) is 6.43. The molecule has 0 aliphatic carbocycles. The number of H-pyrrole nitrogens is 1. The van der Waals surface area contributed by atoms with Crippen LogP contribution in [0.2, 0.25) is 0 Å². The van der Waals surface area contributed by atoms with Crippen LogP contribution in [0.4, 0.5) is 0 Å². The molecule has 1 aromatic heterocycles. The Hall–Kier alpha value is -2.63. The highest BCUT2D eigenvalue weighted by atomic mass is 16.1. The van der Waals surface area contributed by atoms with Crippen molar-refractivity contribution in [2.45, 2.75) is 19.8 Å². The fourth-order valence-electron chi connectivity index (χ4n) is 1.81. The molecule has 1 aromatic carbocycles. The molecule has 0 unspecified atom stereocenters. The van der Waals surface area contributed by atoms with Gasteiger partial charge in [0.05, 0.1) is 6.21 Å². The van der Waals surface area contributed by atoms with E-state index in [4.69, 9.17) is 5.73 Å². The minimum Gasteiger partial charge on any atom is -0.368 e. The van der Waals surface area contributed by atoms with E-state index in [9.17, 15) is 4.79 Å². The summed E-state index contributed by atoms with van der Waals surface area (Å²) in [5.74, 6) is -0.157. The van der Waals surface area contributed by atoms with Crippen molar-refractivity contribution in [3.63, 3.8) is 0 Å². The summed E-state index contributed by atoms with van der Waals surface area (Å²) in [5, 5.41) is 11.1. The van der Waals surface area contributed by atoms with E-state index in [0.29, 0.717) is 6.42 Å². The number of hydrogen-bond donors (Lipinski definition) is 3. The van der Waals surface area contributed by atoms with Gasteiger partial charge in [-0.2, -0.15) is 5.10 Å². The standard InChI is InChI=1S/C14H17N5O/c1-2-5-13(20)18-14(15)19-17-9-10-8-16-12-7-4-3-6-11(10)12/h3-4,6-9,16H,2,5H2,1H3,(H3,15,18,19,20)/b17-9+. The van der Waals surface area contributed by atoms with Gasteiger partial charge in [-0.05, 0) is 12.5 Å². The average molecular weight is 271 g/mol. The monoisotopic (exact) mass is 271 g/mol. The average Bonchev–Trinajstić information content (AvgIpc) is 2.82. The molecule has 0 saturated carbocycles. The molecule has 0 fully saturated rings. The molecule has 1 amide bonds. The molecule has 0 aliphatic rings. The third-order valence-corrected chi connectivity index (χ3v) is 2.73. The predicted molar refractivity (Wildman–Crippen MR) is 80.6 cm³/mol. The van der Waals surface area contributed by atoms with Crippen LogP contribution < -0.4 is 11.1 Å². The van der Waals surface area contributed by atoms with Crippen LogP contribution in [-0.2, 0) is 4.79 Å². The molecular weight excluding hydrogens is 254 g/mol. The van der Waals surface area contributed by atoms with Gasteiger partial charge in [-0.25, -0.2) is 0 Å². The van der Waals surface area contributed by atoms with E-state index in [1.54, 1.807) is 6.21 Å². The first-order valence-corrected chi connectivity index (χ1v) is 6.43. The number of aromatic nitrogens is 1. The lowest BCUT2D eigenvalue weighted by Gasteiger charge is -2.00. The van der Waals surface area contributed by atoms with E-state index in [0.717, 1.165) is 22.9 Å². The summed E-state index contributed by atoms with van der Waals surface area (Å²) in [5.41, 5.74) is 7.50. The number of nitrogens with zero attached hydrogens (tertiary/aromatic N) is 2. The smallest absolute Gasteiger partial charge is 0.226 e. The van der Waals surface area contributed by atoms with Crippen LogP contribution in [0.15, 0.2) is 40.7 Å². The van der Waals surface area contributed by atoms with E-state index >= 15 is 0 Å². The number of carbonyl (C=O) groups excluding carboxylic acids is 1. The predicted octanol–water partition coefficient (Wildman–Crippen LogP) is 1.73. The van der Waals surface area contributed by atoms with Crippen molar-refractivity contribution in [3.05, 3.63) is 36.0 Å². The van der Waals surface area contributed by atoms with Gasteiger partial charge >= 0.3 is 0 Å². The summed E-state index contributed by atoms with van der Waals surface area (Å²) >= 11 is 0. The summed E-state index contributed by atoms with van der Waals surface area (Å²) in [4.78, 5) is 14.4. The molecule has 0 saturated heterocycles. The molecule has 20 heavy (non-hydrogen) atoms. The quantitative estimate of drug-likeness (QED) is 0.448. The minimum atomic E-state index is -0.156. The number of guanidine groups is 1. The van der Waals surface area contributed by atoms with Crippen LogP contribution in [-0.4, -0.2) is 23.1 Å². The van der Waals surface area contributed by atoms with Crippen LogP contribution >= 0.6 is 0 Å². The minimum absolute atomic E-state index is 0.000425. The lowest BCUT2D eigenvalue weighted by Crippen LogP contribution is -2.36. The van der Waals surface area contributed by atoms with Crippen LogP contribution in [0.25, 0.3) is 10.9 Å². The molecule has 0 radical (unpaired) electrons. The van der Waals surface area contributed by atoms with Gasteiger partial charge in [-0.1, -0.05) is 25.1 Å². The number of nitrogens with one attached hydrogen (secondary N) is 2. The van der Waals surface area contributed by atoms with Gasteiger partial charge in [-0.15, -0.1) is 5.10 Å². The topological polar surface area (TPSA) is 95.6 Å². The van der Waals surface area contributed by atoms with Gasteiger partial charge in [-0.3, -0.25) is 10.1 Å². The van der Waals surface area contributed by atoms with Crippen molar-refractivity contribution >= 4 is 29.0 Å². The molecule has 2 rings (SSSR count). The first kappa shape index (κ1) is 13.8. The highest BCUT2D eigenvalue weighted by Crippen LogP contribution is 2.15. The first-order chi connectivity index (χ1) is 9.70. The van der Waals surface area contributed by atoms with E-state index in [2.05, 4.69) is 20.5 Å². The maximum Gasteiger partial charge on any atom is 0.226 e. The van der Waals surface area contributed by atoms with Gasteiger partial charge < -0.3 is 10.7 Å². The molecule has 4 N–H and O–H groups in total. The van der Waals surface area contributed by atoms with Crippen molar-refractivity contribution in [2.75, 3.05) is 0 Å². The number of aromatic amines is 1. The molecule has 0 bridgehead atoms. The number of para-hydroxylation sites is 1. The lowest BCUT2D eigenvalue weighted by atomic mass is 10.2. The third-order valence-electron chi connectivity index (χ3n) is 2.73. The van der Waals surface area contributed by atoms with Crippen molar-refractivity contribution in [1.82, 2.24) is 10.3 Å². The van der Waals surface area contributed by atoms with Crippen molar-refractivity contribution in [1.29, 1.82) is 0 Å². The third kappa shape index (κ3) is 3.44. The number of amides is 1. The second-order valence-corrected chi connectivity index (χ2v) is 4.32. The SMILES string of the molecule is CCCC(=O)N/C(N)=N/N=C/c1c[nH]c2ccccc12. The number of fused-ring (bicyclic) bond motifs is 1. The van der Waals surface area contributed by atoms with E-state index in [1.807, 2.05) is 37.4 Å². The van der Waals surface area contributed by atoms with Crippen molar-refractivity contribution in [3.8, 4) is 0 Å². The van der Waals surface area contributed by atoms with Crippen LogP contribution in [0, 0.1) is 0 Å². The fraction of sp³-hybridized carbons (Fsp3) is 0.214. The van der Waals surface area contributed by atoms with E-state index < -0.39 is 0 Å². The molecule has 104 valence electrons. The lowest BCUT2D eigenvalue weighted by molar-refractivity contribution is -0.119. The van der Waals surface area contributed by atoms with E-state index in [-0.39, 0.29) is 11.9 Å². The van der Waals surface area contributed by atoms with Gasteiger partial charge in [0.1, 0.15) is 0 Å². The Balaban J connectivity index is 2.04. The number of carbonyl (C=O) groups is 1. The zero-order valence-corrected chi connectivity index (χ0v) is 11.3. The van der Waals surface area contributed by atoms with Crippen LogP contribution in [0.5, 0.6) is 0 Å². The fourth-order valence-corrected chi connectivity index (χ4v) is 1.81. The maximum absolute atomic E-state index is 11.3. The molecule has 0 aliphatic heterocycles. The van der Waals surface area contributed by atoms with Crippen LogP contribution in [0.1, 0.15) is 25.3 Å². The summed E-state index contributed by atoms with van der Waals surface area (Å²) in [6, 6.07) is 7.88. The maximum atomic E-state index is 11.3. The Kier molecular flexibility index (Phi) is 4.49. The van der Waals surface area contributed by atoms with Gasteiger partial charge in [0, 0.05) is 29.1 Å². The Morgan fingerprint density at radius 1 is 1.45 bits per heavy atom. The highest BCUT2D eigenvalue weighted by Gasteiger charge is 2.01. The molecule has 0 spiro atoms. The van der Waals surface area contributed by atoms with Gasteiger partial charge in [0.2, 0.25) is 11.9 Å². The zero-order chi connectivity index (χ0) is 14.4. The summed E-state index contributed by atoms with van der Waals surface area (Å²) in [7, 11) is 0. The summed E-state index contributed by atoms with van der Waals surface area (Å²) < 4.78 is 0. The highest BCUT2D eigenvalue weighted by molar-refractivity contribution is 5.99. The van der Waals surface area contributed by atoms with Crippen molar-refractivity contribution < 1.29 is 4.79 Å². The Bertz CT molecular complexity index is 656. The number of benzene rings is 1. The molecule has 6 nitrogen and oxygen atoms in total. The zero-order valence-electron chi connectivity index (χ0n) is 11.3. The largest absolute Gasteiger partial charge is 0.368 e. The Morgan fingerprint density at radius 3 is 3.05 bits per heavy atom. The summed E-state index contributed by atoms with van der Waals surface area (Å²) in [6.07, 6.45) is 4.62. The molecule has 2 aromatic rings. The Labute approximate surface area is 116 Å². The molecule has 0 atom stereocenters. The van der Waals surface area contributed by atoms with Gasteiger partial charge in [0.25, 0.3) is 0 Å². The number of nitrogens with two attached hydrogens (primary N) is 1. The second-order valence-electron chi connectivity index (χ2n) is 4.32.